The molecule has 1 saturated carbocycles. The van der Waals surface area contributed by atoms with Gasteiger partial charge in [0.05, 0.1) is 18.3 Å². The minimum absolute atomic E-state index is 0.160. The number of aliphatic hydroxyl groups excluding tert-OH is 2. The fraction of sp³-hybridized carbons (Fsp3) is 0.417. The molecule has 18 heavy (non-hydrogen) atoms. The Hall–Kier alpha value is -1.66. The van der Waals surface area contributed by atoms with Crippen molar-refractivity contribution in [3.8, 4) is 0 Å². The molecule has 2 aromatic rings. The lowest BCUT2D eigenvalue weighted by Gasteiger charge is -2.19. The van der Waals surface area contributed by atoms with E-state index in [0.717, 1.165) is 11.5 Å². The van der Waals surface area contributed by atoms with E-state index in [-0.39, 0.29) is 12.0 Å². The number of anilines is 1. The molecule has 0 unspecified atom stereocenters. The van der Waals surface area contributed by atoms with E-state index in [2.05, 4.69) is 22.3 Å². The maximum Gasteiger partial charge on any atom is 0.157 e. The number of fused-ring (bicyclic) bond motifs is 1. The van der Waals surface area contributed by atoms with Crippen LogP contribution in [-0.2, 0) is 0 Å². The summed E-state index contributed by atoms with van der Waals surface area (Å²) in [5.74, 6) is 0.586. The second-order valence-electron chi connectivity index (χ2n) is 4.66. The average Bonchev–Trinajstić information content (AvgIpc) is 2.92. The normalized spacial score (nSPS) is 31.9. The van der Waals surface area contributed by atoms with Gasteiger partial charge in [0.25, 0.3) is 0 Å². The van der Waals surface area contributed by atoms with Crippen LogP contribution in [0.2, 0.25) is 0 Å². The maximum absolute atomic E-state index is 9.91. The van der Waals surface area contributed by atoms with E-state index in [1.807, 2.05) is 0 Å². The highest BCUT2D eigenvalue weighted by atomic mass is 16.3. The van der Waals surface area contributed by atoms with Crippen molar-refractivity contribution in [1.82, 2.24) is 14.6 Å². The zero-order valence-corrected chi connectivity index (χ0v) is 9.77. The van der Waals surface area contributed by atoms with E-state index in [1.165, 1.54) is 0 Å². The summed E-state index contributed by atoms with van der Waals surface area (Å²) in [6, 6.07) is 3.36. The summed E-state index contributed by atoms with van der Waals surface area (Å²) < 4.78 is 1.66. The summed E-state index contributed by atoms with van der Waals surface area (Å²) in [5.41, 5.74) is 0.735. The molecule has 6 nitrogen and oxygen atoms in total. The Bertz CT molecular complexity index is 556. The first-order chi connectivity index (χ1) is 8.66. The largest absolute Gasteiger partial charge is 0.390 e. The molecule has 2 heterocycles. The third-order valence-corrected chi connectivity index (χ3v) is 3.43. The molecule has 0 aliphatic heterocycles. The molecule has 1 aliphatic rings. The molecule has 6 heteroatoms. The third-order valence-electron chi connectivity index (χ3n) is 3.43. The van der Waals surface area contributed by atoms with Crippen LogP contribution in [0.1, 0.15) is 6.42 Å². The van der Waals surface area contributed by atoms with E-state index < -0.39 is 12.2 Å². The minimum Gasteiger partial charge on any atom is -0.390 e. The molecular weight excluding hydrogens is 232 g/mol. The first-order valence-corrected chi connectivity index (χ1v) is 5.91. The summed E-state index contributed by atoms with van der Waals surface area (Å²) in [4.78, 5) is 4.16. The molecule has 95 valence electrons. The number of nitrogens with zero attached hydrogens (tertiary/aromatic N) is 3. The summed E-state index contributed by atoms with van der Waals surface area (Å²) in [5, 5.41) is 27.0. The first kappa shape index (κ1) is 11.4. The van der Waals surface area contributed by atoms with Crippen molar-refractivity contribution in [1.29, 1.82) is 0 Å². The highest BCUT2D eigenvalue weighted by Crippen LogP contribution is 2.28. The Labute approximate surface area is 104 Å². The van der Waals surface area contributed by atoms with Crippen molar-refractivity contribution in [2.75, 3.05) is 5.32 Å². The van der Waals surface area contributed by atoms with Crippen LogP contribution in [0.15, 0.2) is 24.5 Å². The molecule has 0 amide bonds. The Balaban J connectivity index is 1.87. The van der Waals surface area contributed by atoms with Gasteiger partial charge in [-0.05, 0) is 25.3 Å². The predicted octanol–water partition coefficient (Wildman–Crippen LogP) is 0.0856. The van der Waals surface area contributed by atoms with E-state index in [0.29, 0.717) is 6.42 Å². The van der Waals surface area contributed by atoms with Gasteiger partial charge in [-0.3, -0.25) is 0 Å². The molecule has 1 radical (unpaired) electrons. The van der Waals surface area contributed by atoms with Gasteiger partial charge in [0.1, 0.15) is 11.9 Å². The molecule has 0 saturated heterocycles. The zero-order valence-electron chi connectivity index (χ0n) is 9.77. The van der Waals surface area contributed by atoms with Crippen LogP contribution in [0, 0.1) is 12.8 Å². The van der Waals surface area contributed by atoms with Gasteiger partial charge in [0, 0.05) is 12.3 Å². The van der Waals surface area contributed by atoms with Crippen molar-refractivity contribution in [2.24, 2.45) is 5.92 Å². The second-order valence-corrected chi connectivity index (χ2v) is 4.66. The topological polar surface area (TPSA) is 82.7 Å². The lowest BCUT2D eigenvalue weighted by atomic mass is 10.1. The molecule has 0 bridgehead atoms. The van der Waals surface area contributed by atoms with Gasteiger partial charge in [0.15, 0.2) is 5.65 Å². The monoisotopic (exact) mass is 247 g/mol. The summed E-state index contributed by atoms with van der Waals surface area (Å²) in [6.07, 6.45) is 2.37. The second kappa shape index (κ2) is 4.22. The van der Waals surface area contributed by atoms with Crippen LogP contribution in [0.5, 0.6) is 0 Å². The first-order valence-electron chi connectivity index (χ1n) is 5.91. The number of nitrogens with one attached hydrogen (secondary N) is 1. The molecule has 0 aromatic carbocycles. The predicted molar refractivity (Wildman–Crippen MR) is 65.9 cm³/mol. The van der Waals surface area contributed by atoms with Gasteiger partial charge >= 0.3 is 0 Å². The standard InChI is InChI=1S/C12H15N4O2/c1-7-6-8(12(18)11(7)17)15-10-2-4-13-9-3-5-14-16(9)10/h2-5,7-8,11-12,15,17-18H,1,6H2/t7-,8-,11-,12+/m1/s1. The van der Waals surface area contributed by atoms with Crippen LogP contribution < -0.4 is 5.32 Å². The van der Waals surface area contributed by atoms with Crippen molar-refractivity contribution in [3.05, 3.63) is 31.5 Å². The van der Waals surface area contributed by atoms with Crippen molar-refractivity contribution in [3.63, 3.8) is 0 Å². The lowest BCUT2D eigenvalue weighted by molar-refractivity contribution is 0.0256. The third kappa shape index (κ3) is 1.74. The van der Waals surface area contributed by atoms with Crippen LogP contribution >= 0.6 is 0 Å². The Morgan fingerprint density at radius 3 is 2.83 bits per heavy atom. The number of aliphatic hydroxyl groups is 2. The summed E-state index contributed by atoms with van der Waals surface area (Å²) >= 11 is 0. The molecule has 4 atom stereocenters. The molecular formula is C12H15N4O2. The van der Waals surface area contributed by atoms with Gasteiger partial charge in [-0.25, -0.2) is 4.98 Å². The molecule has 1 aliphatic carbocycles. The van der Waals surface area contributed by atoms with Gasteiger partial charge in [-0.2, -0.15) is 9.61 Å². The maximum atomic E-state index is 9.91. The number of hydrogen-bond donors (Lipinski definition) is 3. The summed E-state index contributed by atoms with van der Waals surface area (Å²) in [7, 11) is 0. The van der Waals surface area contributed by atoms with Crippen LogP contribution in [0.25, 0.3) is 5.65 Å². The van der Waals surface area contributed by atoms with Gasteiger partial charge in [-0.15, -0.1) is 0 Å². The van der Waals surface area contributed by atoms with Gasteiger partial charge in [-0.1, -0.05) is 0 Å². The minimum atomic E-state index is -0.814. The Morgan fingerprint density at radius 1 is 1.28 bits per heavy atom. The number of hydrogen-bond acceptors (Lipinski definition) is 5. The smallest absolute Gasteiger partial charge is 0.157 e. The van der Waals surface area contributed by atoms with Crippen LogP contribution in [-0.4, -0.2) is 43.1 Å². The highest BCUT2D eigenvalue weighted by Gasteiger charge is 2.39. The van der Waals surface area contributed by atoms with Crippen molar-refractivity contribution >= 4 is 11.5 Å². The molecule has 3 rings (SSSR count). The lowest BCUT2D eigenvalue weighted by Crippen LogP contribution is -2.35. The van der Waals surface area contributed by atoms with Gasteiger partial charge in [0.2, 0.25) is 0 Å². The zero-order chi connectivity index (χ0) is 12.7. The molecule has 3 N–H and O–H groups in total. The van der Waals surface area contributed by atoms with Crippen LogP contribution in [0.3, 0.4) is 0 Å². The molecule has 0 spiro atoms. The number of aromatic nitrogens is 3. The average molecular weight is 247 g/mol. The van der Waals surface area contributed by atoms with Gasteiger partial charge < -0.3 is 15.5 Å². The van der Waals surface area contributed by atoms with Crippen molar-refractivity contribution < 1.29 is 10.2 Å². The molecule has 1 fully saturated rings. The molecule has 2 aromatic heterocycles. The quantitative estimate of drug-likeness (QED) is 0.700. The van der Waals surface area contributed by atoms with E-state index in [4.69, 9.17) is 0 Å². The van der Waals surface area contributed by atoms with Crippen LogP contribution in [0.4, 0.5) is 5.82 Å². The van der Waals surface area contributed by atoms with Crippen molar-refractivity contribution in [2.45, 2.75) is 24.7 Å². The fourth-order valence-corrected chi connectivity index (χ4v) is 2.40. The van der Waals surface area contributed by atoms with E-state index in [1.54, 1.807) is 29.0 Å². The van der Waals surface area contributed by atoms with E-state index >= 15 is 0 Å². The van der Waals surface area contributed by atoms with E-state index in [9.17, 15) is 10.2 Å². The Morgan fingerprint density at radius 2 is 2.11 bits per heavy atom. The summed E-state index contributed by atoms with van der Waals surface area (Å²) in [6.45, 7) is 3.83. The fourth-order valence-electron chi connectivity index (χ4n) is 2.40. The highest BCUT2D eigenvalue weighted by molar-refractivity contribution is 5.47. The number of rotatable bonds is 2. The Kier molecular flexibility index (Phi) is 2.68. The SMILES string of the molecule is [CH2][C@@H]1C[C@@H](Nc2ccnc3ccnn23)[C@H](O)[C@@H]1O.